The number of amides is 1. The smallest absolute Gasteiger partial charge is 0.255 e. The molecule has 2 aromatic carbocycles. The van der Waals surface area contributed by atoms with Crippen molar-refractivity contribution in [1.29, 1.82) is 0 Å². The van der Waals surface area contributed by atoms with Gasteiger partial charge < -0.3 is 30.4 Å². The van der Waals surface area contributed by atoms with E-state index >= 15 is 0 Å². The lowest BCUT2D eigenvalue weighted by Crippen LogP contribution is -2.30. The molecule has 164 valence electrons. The van der Waals surface area contributed by atoms with E-state index in [1.165, 1.54) is 19.3 Å². The van der Waals surface area contributed by atoms with Crippen LogP contribution in [0.2, 0.25) is 0 Å². The zero-order valence-electron chi connectivity index (χ0n) is 17.6. The molecule has 0 bridgehead atoms. The van der Waals surface area contributed by atoms with E-state index in [9.17, 15) is 9.90 Å². The van der Waals surface area contributed by atoms with E-state index in [2.05, 4.69) is 5.32 Å². The van der Waals surface area contributed by atoms with E-state index < -0.39 is 5.79 Å². The maximum absolute atomic E-state index is 12.8. The summed E-state index contributed by atoms with van der Waals surface area (Å²) in [6, 6.07) is 10.3. The average molecular weight is 445 g/mol. The lowest BCUT2D eigenvalue weighted by molar-refractivity contribution is -0.102. The highest BCUT2D eigenvalue weighted by Gasteiger charge is 2.35. The fourth-order valence-corrected chi connectivity index (χ4v) is 3.61. The fourth-order valence-electron chi connectivity index (χ4n) is 3.28. The minimum atomic E-state index is -1.68. The van der Waals surface area contributed by atoms with Crippen molar-refractivity contribution < 1.29 is 24.1 Å². The Balaban J connectivity index is 1.99. The maximum atomic E-state index is 12.8. The zero-order valence-corrected chi connectivity index (χ0v) is 18.3. The zero-order chi connectivity index (χ0) is 22.6. The number of hydrogen-bond acceptors (Lipinski definition) is 6. The summed E-state index contributed by atoms with van der Waals surface area (Å²) in [5.41, 5.74) is 8.16. The number of ether oxygens (including phenoxy) is 3. The Kier molecular flexibility index (Phi) is 6.90. The van der Waals surface area contributed by atoms with Crippen LogP contribution in [-0.2, 0) is 4.74 Å². The van der Waals surface area contributed by atoms with Crippen molar-refractivity contribution in [2.24, 2.45) is 5.73 Å². The highest BCUT2D eigenvalue weighted by Crippen LogP contribution is 2.41. The number of allylic oxidation sites excluding steroid dienone is 2. The van der Waals surface area contributed by atoms with Crippen LogP contribution in [0.1, 0.15) is 28.4 Å². The molecule has 0 aromatic heterocycles. The number of nitrogens with one attached hydrogen (secondary N) is 1. The fraction of sp³-hybridized carbons (Fsp3) is 0.261. The third-order valence-electron chi connectivity index (χ3n) is 4.77. The maximum Gasteiger partial charge on any atom is 0.255 e. The number of carbonyl (C=O) groups excluding carboxylic acids is 1. The van der Waals surface area contributed by atoms with Gasteiger partial charge in [-0.3, -0.25) is 4.79 Å². The van der Waals surface area contributed by atoms with Crippen LogP contribution in [0.4, 0.5) is 5.69 Å². The van der Waals surface area contributed by atoms with Gasteiger partial charge in [-0.1, -0.05) is 11.6 Å². The van der Waals surface area contributed by atoms with Crippen LogP contribution < -0.4 is 20.5 Å². The van der Waals surface area contributed by atoms with Gasteiger partial charge in [0.2, 0.25) is 5.79 Å². The molecule has 0 spiro atoms. The molecule has 0 radical (unpaired) electrons. The molecule has 3 rings (SSSR count). The van der Waals surface area contributed by atoms with Gasteiger partial charge in [-0.2, -0.15) is 0 Å². The van der Waals surface area contributed by atoms with Gasteiger partial charge in [0.15, 0.2) is 0 Å². The molecule has 1 atom stereocenters. The summed E-state index contributed by atoms with van der Waals surface area (Å²) in [6.45, 7) is 3.90. The van der Waals surface area contributed by atoms with Gasteiger partial charge in [0.25, 0.3) is 5.91 Å². The first kappa shape index (κ1) is 22.7. The third kappa shape index (κ3) is 5.02. The molecular formula is C23H25ClN2O5. The number of methoxy groups -OCH3 is 1. The molecule has 1 aliphatic heterocycles. The van der Waals surface area contributed by atoms with Gasteiger partial charge >= 0.3 is 0 Å². The summed E-state index contributed by atoms with van der Waals surface area (Å²) in [7, 11) is 1.57. The van der Waals surface area contributed by atoms with E-state index in [-0.39, 0.29) is 12.5 Å². The van der Waals surface area contributed by atoms with Gasteiger partial charge in [-0.25, -0.2) is 0 Å². The van der Waals surface area contributed by atoms with E-state index in [0.29, 0.717) is 45.5 Å². The van der Waals surface area contributed by atoms with Crippen molar-refractivity contribution in [1.82, 2.24) is 0 Å². The van der Waals surface area contributed by atoms with E-state index in [0.717, 1.165) is 5.56 Å². The number of benzene rings is 2. The van der Waals surface area contributed by atoms with Crippen LogP contribution in [0.5, 0.6) is 11.5 Å². The Morgan fingerprint density at radius 3 is 2.71 bits per heavy atom. The minimum Gasteiger partial charge on any atom is -0.497 e. The Labute approximate surface area is 186 Å². The first-order chi connectivity index (χ1) is 14.8. The van der Waals surface area contributed by atoms with Crippen LogP contribution in [0, 0.1) is 6.92 Å². The molecule has 4 N–H and O–H groups in total. The number of rotatable bonds is 7. The van der Waals surface area contributed by atoms with Crippen molar-refractivity contribution in [2.75, 3.05) is 25.6 Å². The molecule has 0 saturated heterocycles. The summed E-state index contributed by atoms with van der Waals surface area (Å²) in [5.74, 6) is -0.835. The van der Waals surface area contributed by atoms with E-state index in [1.807, 2.05) is 6.92 Å². The Morgan fingerprint density at radius 1 is 1.29 bits per heavy atom. The van der Waals surface area contributed by atoms with Crippen LogP contribution >= 0.6 is 11.6 Å². The van der Waals surface area contributed by atoms with Crippen molar-refractivity contribution in [3.05, 3.63) is 70.5 Å². The molecule has 8 heteroatoms. The molecule has 0 saturated carbocycles. The summed E-state index contributed by atoms with van der Waals surface area (Å²) in [5, 5.41) is 13.9. The van der Waals surface area contributed by atoms with Gasteiger partial charge in [0.1, 0.15) is 18.1 Å². The quantitative estimate of drug-likeness (QED) is 0.600. The third-order valence-corrected chi connectivity index (χ3v) is 5.09. The van der Waals surface area contributed by atoms with Crippen LogP contribution in [0.25, 0.3) is 5.57 Å². The number of aliphatic hydroxyl groups is 1. The SMILES string of the molecule is COc1ccc(C(=O)Nc2ccc(OCCN)c(C3=C(Cl)C=COC3(C)O)c2)c(C)c1. The topological polar surface area (TPSA) is 103 Å². The number of nitrogens with two attached hydrogens (primary N) is 1. The van der Waals surface area contributed by atoms with Gasteiger partial charge in [-0.05, 0) is 55.0 Å². The molecule has 1 amide bonds. The summed E-state index contributed by atoms with van der Waals surface area (Å²) in [4.78, 5) is 12.8. The number of aryl methyl sites for hydroxylation is 1. The molecule has 7 nitrogen and oxygen atoms in total. The second-order valence-electron chi connectivity index (χ2n) is 7.11. The first-order valence-corrected chi connectivity index (χ1v) is 10.0. The number of anilines is 1. The number of halogens is 1. The van der Waals surface area contributed by atoms with Crippen molar-refractivity contribution in [2.45, 2.75) is 19.6 Å². The Hall–Kier alpha value is -3.00. The molecule has 0 aliphatic carbocycles. The second kappa shape index (κ2) is 9.43. The Morgan fingerprint density at radius 2 is 2.06 bits per heavy atom. The van der Waals surface area contributed by atoms with E-state index in [1.54, 1.807) is 43.5 Å². The van der Waals surface area contributed by atoms with Gasteiger partial charge in [0.05, 0.1) is 24.0 Å². The molecule has 2 aromatic rings. The normalized spacial score (nSPS) is 17.9. The van der Waals surface area contributed by atoms with Crippen molar-refractivity contribution in [3.63, 3.8) is 0 Å². The number of carbonyl (C=O) groups is 1. The van der Waals surface area contributed by atoms with Crippen LogP contribution in [0.3, 0.4) is 0 Å². The molecule has 0 fully saturated rings. The minimum absolute atomic E-state index is 0.271. The highest BCUT2D eigenvalue weighted by atomic mass is 35.5. The average Bonchev–Trinajstić information content (AvgIpc) is 2.72. The lowest BCUT2D eigenvalue weighted by atomic mass is 9.95. The van der Waals surface area contributed by atoms with Crippen LogP contribution in [-0.4, -0.2) is 37.1 Å². The number of hydrogen-bond donors (Lipinski definition) is 3. The lowest BCUT2D eigenvalue weighted by Gasteiger charge is -2.30. The molecule has 1 aliphatic rings. The monoisotopic (exact) mass is 444 g/mol. The molecular weight excluding hydrogens is 420 g/mol. The van der Waals surface area contributed by atoms with Gasteiger partial charge in [0, 0.05) is 30.3 Å². The van der Waals surface area contributed by atoms with Crippen LogP contribution in [0.15, 0.2) is 53.8 Å². The Bertz CT molecular complexity index is 1050. The van der Waals surface area contributed by atoms with Crippen molar-refractivity contribution in [3.8, 4) is 11.5 Å². The first-order valence-electron chi connectivity index (χ1n) is 9.67. The molecule has 1 unspecified atom stereocenters. The largest absolute Gasteiger partial charge is 0.497 e. The summed E-state index contributed by atoms with van der Waals surface area (Å²) in [6.07, 6.45) is 2.86. The predicted octanol–water partition coefficient (Wildman–Crippen LogP) is 3.80. The molecule has 1 heterocycles. The van der Waals surface area contributed by atoms with E-state index in [4.69, 9.17) is 31.5 Å². The van der Waals surface area contributed by atoms with Crippen molar-refractivity contribution >= 4 is 28.8 Å². The highest BCUT2D eigenvalue weighted by molar-refractivity contribution is 6.34. The summed E-state index contributed by atoms with van der Waals surface area (Å²) < 4.78 is 16.3. The predicted molar refractivity (Wildman–Crippen MR) is 120 cm³/mol. The summed E-state index contributed by atoms with van der Waals surface area (Å²) >= 11 is 6.38. The van der Waals surface area contributed by atoms with Gasteiger partial charge in [-0.15, -0.1) is 0 Å². The molecule has 31 heavy (non-hydrogen) atoms. The standard InChI is InChI=1S/C23H25ClN2O5/c1-14-12-16(29-3)5-6-17(14)22(27)26-15-4-7-20(30-11-9-25)18(13-15)21-19(24)8-10-31-23(21,2)28/h4-8,10,12-13,28H,9,11,25H2,1-3H3,(H,26,27). The second-order valence-corrected chi connectivity index (χ2v) is 7.52.